The van der Waals surface area contributed by atoms with Crippen LogP contribution in [0.25, 0.3) is 43.4 Å². The molecule has 0 N–H and O–H groups in total. The van der Waals surface area contributed by atoms with Gasteiger partial charge in [0.1, 0.15) is 0 Å². The van der Waals surface area contributed by atoms with Crippen molar-refractivity contribution in [1.82, 2.24) is 0 Å². The lowest BCUT2D eigenvalue weighted by molar-refractivity contribution is 0.0602. The molecule has 0 saturated heterocycles. The summed E-state index contributed by atoms with van der Waals surface area (Å²) in [6, 6.07) is 31.0. The van der Waals surface area contributed by atoms with E-state index >= 15 is 0 Å². The van der Waals surface area contributed by atoms with Crippen molar-refractivity contribution in [2.45, 2.75) is 13.8 Å². The second kappa shape index (κ2) is 8.38. The first kappa shape index (κ1) is 19.7. The lowest BCUT2D eigenvalue weighted by Crippen LogP contribution is -2.04. The Morgan fingerprint density at radius 1 is 0.600 bits per heavy atom. The van der Waals surface area contributed by atoms with Gasteiger partial charge in [-0.2, -0.15) is 0 Å². The quantitative estimate of drug-likeness (QED) is 0.228. The van der Waals surface area contributed by atoms with Crippen molar-refractivity contribution in [1.29, 1.82) is 0 Å². The minimum atomic E-state index is -0.321. The summed E-state index contributed by atoms with van der Waals surface area (Å²) < 4.78 is 5.11. The molecule has 0 saturated carbocycles. The van der Waals surface area contributed by atoms with E-state index in [4.69, 9.17) is 4.74 Å². The largest absolute Gasteiger partial charge is 0.465 e. The van der Waals surface area contributed by atoms with Crippen LogP contribution in [0.15, 0.2) is 91.0 Å². The smallest absolute Gasteiger partial charge is 0.338 e. The van der Waals surface area contributed by atoms with E-state index in [9.17, 15) is 4.79 Å². The van der Waals surface area contributed by atoms with Crippen molar-refractivity contribution in [2.24, 2.45) is 0 Å². The number of methoxy groups -OCH3 is 1. The van der Waals surface area contributed by atoms with E-state index in [2.05, 4.69) is 54.6 Å². The Kier molecular flexibility index (Phi) is 5.49. The Labute approximate surface area is 176 Å². The van der Waals surface area contributed by atoms with Crippen LogP contribution in [-0.4, -0.2) is 13.1 Å². The standard InChI is InChI=1S/C26H18O2.C2H6/c1-28-26(27)25-15-18-9-3-2-8-17(18)14-24(25)23-16-19-10-4-5-11-20(19)21-12-6-7-13-22(21)23;1-2/h2-16H,1H3;1-2H3. The van der Waals surface area contributed by atoms with Gasteiger partial charge >= 0.3 is 5.97 Å². The highest BCUT2D eigenvalue weighted by atomic mass is 16.5. The summed E-state index contributed by atoms with van der Waals surface area (Å²) in [6.45, 7) is 4.00. The van der Waals surface area contributed by atoms with Gasteiger partial charge < -0.3 is 4.74 Å². The Morgan fingerprint density at radius 2 is 1.10 bits per heavy atom. The fourth-order valence-electron chi connectivity index (χ4n) is 4.02. The molecule has 30 heavy (non-hydrogen) atoms. The normalized spacial score (nSPS) is 10.6. The zero-order valence-corrected chi connectivity index (χ0v) is 17.5. The Balaban J connectivity index is 0.00000106. The molecule has 0 amide bonds. The van der Waals surface area contributed by atoms with Gasteiger partial charge in [0.25, 0.3) is 0 Å². The average Bonchev–Trinajstić information content (AvgIpc) is 2.83. The summed E-state index contributed by atoms with van der Waals surface area (Å²) in [6.07, 6.45) is 0. The van der Waals surface area contributed by atoms with Crippen LogP contribution in [0.5, 0.6) is 0 Å². The number of carbonyl (C=O) groups excluding carboxylic acids is 1. The molecular weight excluding hydrogens is 368 g/mol. The number of hydrogen-bond acceptors (Lipinski definition) is 2. The Bertz CT molecular complexity index is 1370. The number of hydrogen-bond donors (Lipinski definition) is 0. The van der Waals surface area contributed by atoms with E-state index < -0.39 is 0 Å². The molecule has 2 heteroatoms. The molecule has 5 aromatic rings. The zero-order chi connectivity index (χ0) is 21.1. The number of esters is 1. The predicted molar refractivity (Wildman–Crippen MR) is 127 cm³/mol. The van der Waals surface area contributed by atoms with E-state index in [-0.39, 0.29) is 5.97 Å². The van der Waals surface area contributed by atoms with Crippen molar-refractivity contribution in [3.8, 4) is 11.1 Å². The lowest BCUT2D eigenvalue weighted by atomic mass is 9.89. The molecule has 0 aromatic heterocycles. The van der Waals surface area contributed by atoms with Gasteiger partial charge in [-0.25, -0.2) is 4.79 Å². The summed E-state index contributed by atoms with van der Waals surface area (Å²) in [5.41, 5.74) is 2.52. The second-order valence-electron chi connectivity index (χ2n) is 6.93. The molecular formula is C28H24O2. The monoisotopic (exact) mass is 392 g/mol. The van der Waals surface area contributed by atoms with Crippen molar-refractivity contribution in [2.75, 3.05) is 7.11 Å². The molecule has 0 heterocycles. The SMILES string of the molecule is CC.COC(=O)c1cc2ccccc2cc1-c1cc2ccccc2c2ccccc12. The third-order valence-electron chi connectivity index (χ3n) is 5.35. The maximum atomic E-state index is 12.6. The van der Waals surface area contributed by atoms with E-state index in [1.807, 2.05) is 50.2 Å². The molecule has 0 fully saturated rings. The van der Waals surface area contributed by atoms with Gasteiger partial charge in [-0.3, -0.25) is 0 Å². The fraction of sp³-hybridized carbons (Fsp3) is 0.107. The van der Waals surface area contributed by atoms with Gasteiger partial charge in [0.15, 0.2) is 0 Å². The molecule has 0 atom stereocenters. The summed E-state index contributed by atoms with van der Waals surface area (Å²) in [5.74, 6) is -0.321. The first-order valence-electron chi connectivity index (χ1n) is 10.3. The zero-order valence-electron chi connectivity index (χ0n) is 17.5. The van der Waals surface area contributed by atoms with Crippen molar-refractivity contribution >= 4 is 38.3 Å². The van der Waals surface area contributed by atoms with Crippen molar-refractivity contribution in [3.05, 3.63) is 96.6 Å². The Hall–Kier alpha value is -3.65. The molecule has 5 aromatic carbocycles. The van der Waals surface area contributed by atoms with Gasteiger partial charge in [0, 0.05) is 0 Å². The molecule has 0 aliphatic carbocycles. The lowest BCUT2D eigenvalue weighted by Gasteiger charge is -2.15. The molecule has 5 rings (SSSR count). The average molecular weight is 392 g/mol. The second-order valence-corrected chi connectivity index (χ2v) is 6.93. The van der Waals surface area contributed by atoms with E-state index in [1.165, 1.54) is 17.9 Å². The predicted octanol–water partition coefficient (Wildman–Crippen LogP) is 7.63. The van der Waals surface area contributed by atoms with Crippen LogP contribution in [0, 0.1) is 0 Å². The third kappa shape index (κ3) is 3.31. The molecule has 2 nitrogen and oxygen atoms in total. The summed E-state index contributed by atoms with van der Waals surface area (Å²) in [4.78, 5) is 12.6. The minimum absolute atomic E-state index is 0.321. The maximum absolute atomic E-state index is 12.6. The Morgan fingerprint density at radius 3 is 1.77 bits per heavy atom. The maximum Gasteiger partial charge on any atom is 0.338 e. The first-order chi connectivity index (χ1) is 14.8. The molecule has 0 spiro atoms. The van der Waals surface area contributed by atoms with Crippen LogP contribution in [0.2, 0.25) is 0 Å². The molecule has 0 aliphatic heterocycles. The van der Waals surface area contributed by atoms with Gasteiger partial charge in [-0.15, -0.1) is 0 Å². The number of rotatable bonds is 2. The molecule has 0 radical (unpaired) electrons. The number of carbonyl (C=O) groups is 1. The molecule has 0 bridgehead atoms. The van der Waals surface area contributed by atoms with Gasteiger partial charge in [-0.1, -0.05) is 86.6 Å². The highest BCUT2D eigenvalue weighted by Gasteiger charge is 2.17. The van der Waals surface area contributed by atoms with E-state index in [1.54, 1.807) is 0 Å². The summed E-state index contributed by atoms with van der Waals surface area (Å²) in [7, 11) is 1.43. The number of ether oxygens (including phenoxy) is 1. The topological polar surface area (TPSA) is 26.3 Å². The highest BCUT2D eigenvalue weighted by Crippen LogP contribution is 2.38. The number of benzene rings is 5. The van der Waals surface area contributed by atoms with E-state index in [0.29, 0.717) is 5.56 Å². The van der Waals surface area contributed by atoms with Gasteiger partial charge in [0.05, 0.1) is 12.7 Å². The summed E-state index contributed by atoms with van der Waals surface area (Å²) >= 11 is 0. The first-order valence-corrected chi connectivity index (χ1v) is 10.3. The third-order valence-corrected chi connectivity index (χ3v) is 5.35. The molecule has 148 valence electrons. The van der Waals surface area contributed by atoms with E-state index in [0.717, 1.165) is 32.7 Å². The van der Waals surface area contributed by atoms with Gasteiger partial charge in [0.2, 0.25) is 0 Å². The molecule has 0 unspecified atom stereocenters. The van der Waals surface area contributed by atoms with Gasteiger partial charge in [-0.05, 0) is 61.6 Å². The van der Waals surface area contributed by atoms with Crippen LogP contribution in [0.1, 0.15) is 24.2 Å². The molecule has 0 aliphatic rings. The van der Waals surface area contributed by atoms with Crippen LogP contribution in [0.3, 0.4) is 0 Å². The van der Waals surface area contributed by atoms with Crippen LogP contribution >= 0.6 is 0 Å². The van der Waals surface area contributed by atoms with Crippen LogP contribution in [0.4, 0.5) is 0 Å². The summed E-state index contributed by atoms with van der Waals surface area (Å²) in [5, 5.41) is 6.79. The van der Waals surface area contributed by atoms with Crippen molar-refractivity contribution < 1.29 is 9.53 Å². The van der Waals surface area contributed by atoms with Crippen LogP contribution in [-0.2, 0) is 4.74 Å². The fourth-order valence-corrected chi connectivity index (χ4v) is 4.02. The minimum Gasteiger partial charge on any atom is -0.465 e. The van der Waals surface area contributed by atoms with Crippen LogP contribution < -0.4 is 0 Å². The number of fused-ring (bicyclic) bond motifs is 4. The van der Waals surface area contributed by atoms with Crippen molar-refractivity contribution in [3.63, 3.8) is 0 Å². The highest BCUT2D eigenvalue weighted by molar-refractivity contribution is 6.16.